The van der Waals surface area contributed by atoms with Crippen LogP contribution in [0.25, 0.3) is 66.8 Å². The minimum atomic E-state index is -4.90. The van der Waals surface area contributed by atoms with Crippen molar-refractivity contribution in [1.82, 2.24) is 4.58 Å². The van der Waals surface area contributed by atoms with Gasteiger partial charge in [-0.15, -0.1) is 46.9 Å². The second-order valence-electron chi connectivity index (χ2n) is 29.6. The summed E-state index contributed by atoms with van der Waals surface area (Å²) in [4.78, 5) is 9.42. The Hall–Kier alpha value is -8.62. The van der Waals surface area contributed by atoms with Gasteiger partial charge in [0.1, 0.15) is 69.7 Å². The number of rotatable bonds is 26. The van der Waals surface area contributed by atoms with Crippen LogP contribution in [0.4, 0.5) is 34.1 Å². The van der Waals surface area contributed by atoms with Gasteiger partial charge in [0.2, 0.25) is 11.0 Å². The number of thioether (sulfide) groups is 3. The molecule has 15 rings (SSSR count). The number of halogens is 1. The molecule has 2 aliphatic carbocycles. The van der Waals surface area contributed by atoms with Crippen LogP contribution in [-0.4, -0.2) is 88.1 Å². The average molecular weight is 1860 g/mol. The van der Waals surface area contributed by atoms with Crippen molar-refractivity contribution in [3.8, 4) is 44.9 Å². The minimum absolute atomic E-state index is 0. The van der Waals surface area contributed by atoms with Crippen molar-refractivity contribution in [2.75, 3.05) is 46.4 Å². The van der Waals surface area contributed by atoms with Gasteiger partial charge < -0.3 is 38.7 Å². The number of hydrogen-bond donors (Lipinski definition) is 1. The Morgan fingerprint density at radius 2 is 0.849 bits per heavy atom. The normalized spacial score (nSPS) is 12.0. The van der Waals surface area contributed by atoms with Crippen molar-refractivity contribution in [2.45, 2.75) is 116 Å². The van der Waals surface area contributed by atoms with Crippen molar-refractivity contribution in [2.24, 2.45) is 4.99 Å². The van der Waals surface area contributed by atoms with Crippen LogP contribution in [-0.2, 0) is 40.5 Å². The molecule has 0 aromatic heterocycles. The first kappa shape index (κ1) is 99.5. The number of para-hydroxylation sites is 2. The van der Waals surface area contributed by atoms with Gasteiger partial charge in [0.05, 0.1) is 36.7 Å². The molecule has 1 N–H and O–H groups in total. The SMILES string of the molecule is C.Cc1cc(S(=O)(=O)[O-])cc(C)c1N=c1ccc2c(-c3ccccc3S(=O)(=O)[O-])c3ccc(Nc4c(C)cccc4C)cc3oc-2c1.Cc1cccc(C)c1N(CCCSc1ccccc1)c1ccc2c(-c3ccccc3S(=O)(=O)[O-])c3ccc(=[N+](CCCSc4ccccc4)c4c(C)cc(S(=O)(=O)[O-])cc4C)cc-3oc2c1.ClCCCSc1ccccc1.[2H-].[Na+].[Na+]. The van der Waals surface area contributed by atoms with Crippen LogP contribution in [0.15, 0.2) is 321 Å². The molecule has 28 heteroatoms. The van der Waals surface area contributed by atoms with Gasteiger partial charge in [-0.25, -0.2) is 38.7 Å². The van der Waals surface area contributed by atoms with E-state index in [4.69, 9.17) is 25.4 Å². The molecule has 2 heterocycles. The largest absolute Gasteiger partial charge is 1.00 e. The summed E-state index contributed by atoms with van der Waals surface area (Å²) < 4.78 is 163. The Kier molecular flexibility index (Phi) is 34.9. The summed E-state index contributed by atoms with van der Waals surface area (Å²) >= 11 is 11.0. The Balaban J connectivity index is 0.000000259. The van der Waals surface area contributed by atoms with Gasteiger partial charge in [-0.1, -0.05) is 135 Å². The number of nitrogens with one attached hydrogen (secondary N) is 1. The van der Waals surface area contributed by atoms with Gasteiger partial charge in [0.25, 0.3) is 0 Å². The summed E-state index contributed by atoms with van der Waals surface area (Å²) in [5.41, 5.74) is 15.1. The van der Waals surface area contributed by atoms with Gasteiger partial charge in [0, 0.05) is 142 Å². The van der Waals surface area contributed by atoms with E-state index in [0.29, 0.717) is 102 Å². The van der Waals surface area contributed by atoms with E-state index in [2.05, 4.69) is 95.4 Å². The van der Waals surface area contributed by atoms with E-state index in [9.17, 15) is 51.9 Å². The second-order valence-corrected chi connectivity index (χ2v) is 38.9. The molecule has 0 amide bonds. The summed E-state index contributed by atoms with van der Waals surface area (Å²) in [5.74, 6) is 4.40. The van der Waals surface area contributed by atoms with Crippen LogP contribution in [0, 0.1) is 55.4 Å². The Labute approximate surface area is 801 Å². The smallest absolute Gasteiger partial charge is 1.00 e. The van der Waals surface area contributed by atoms with E-state index in [1.165, 1.54) is 52.3 Å². The maximum atomic E-state index is 12.9. The number of benzene rings is 13. The summed E-state index contributed by atoms with van der Waals surface area (Å²) in [7, 11) is -19.1. The number of fused-ring (bicyclic) bond motifs is 4. The first-order chi connectivity index (χ1) is 58.8. The number of alkyl halides is 1. The summed E-state index contributed by atoms with van der Waals surface area (Å²) in [6.45, 7) is 16.4. The van der Waals surface area contributed by atoms with Gasteiger partial charge in [-0.3, -0.25) is 0 Å². The Morgan fingerprint density at radius 1 is 0.421 bits per heavy atom. The molecular formula is C98H93ClN4Na2O14S7-2. The predicted octanol–water partition coefficient (Wildman–Crippen LogP) is 17.2. The molecule has 0 atom stereocenters. The third-order valence-corrected chi connectivity index (χ3v) is 27.7. The maximum Gasteiger partial charge on any atom is 1.00 e. The molecule has 0 bridgehead atoms. The Bertz CT molecular complexity index is 6930. The average Bonchev–Trinajstić information content (AvgIpc) is 0.742. The molecule has 2 aliphatic heterocycles. The number of anilines is 4. The number of nitrogens with zero attached hydrogens (tertiary/aromatic N) is 3. The molecule has 642 valence electrons. The molecule has 18 nitrogen and oxygen atoms in total. The first-order valence-electron chi connectivity index (χ1n) is 39.5. The van der Waals surface area contributed by atoms with Gasteiger partial charge >= 0.3 is 59.1 Å². The topological polar surface area (TPSA) is 286 Å². The predicted molar refractivity (Wildman–Crippen MR) is 501 cm³/mol. The number of hydrogen-bond acceptors (Lipinski definition) is 20. The van der Waals surface area contributed by atoms with Crippen LogP contribution in [0.1, 0.15) is 72.6 Å². The van der Waals surface area contributed by atoms with E-state index < -0.39 is 40.5 Å². The summed E-state index contributed by atoms with van der Waals surface area (Å²) in [6.07, 6.45) is 2.71. The molecule has 0 radical (unpaired) electrons. The molecular weight excluding hydrogens is 1760 g/mol. The van der Waals surface area contributed by atoms with Crippen LogP contribution in [0.3, 0.4) is 0 Å². The zero-order chi connectivity index (χ0) is 87.5. The van der Waals surface area contributed by atoms with Crippen LogP contribution in [0.2, 0.25) is 0 Å². The monoisotopic (exact) mass is 1860 g/mol. The molecule has 126 heavy (non-hydrogen) atoms. The van der Waals surface area contributed by atoms with E-state index >= 15 is 0 Å². The van der Waals surface area contributed by atoms with Gasteiger partial charge in [-0.05, 0) is 228 Å². The van der Waals surface area contributed by atoms with Crippen LogP contribution < -0.4 is 84.6 Å². The van der Waals surface area contributed by atoms with Crippen molar-refractivity contribution in [3.63, 3.8) is 0 Å². The summed E-state index contributed by atoms with van der Waals surface area (Å²) in [6, 6.07) is 83.2. The maximum absolute atomic E-state index is 12.9. The minimum Gasteiger partial charge on any atom is -1.00 e. The molecule has 4 aliphatic rings. The van der Waals surface area contributed by atoms with Crippen LogP contribution >= 0.6 is 46.9 Å². The molecule has 0 saturated heterocycles. The molecule has 0 unspecified atom stereocenters. The van der Waals surface area contributed by atoms with Crippen LogP contribution in [0.5, 0.6) is 0 Å². The molecule has 11 aromatic carbocycles. The molecule has 0 saturated carbocycles. The Morgan fingerprint density at radius 3 is 1.33 bits per heavy atom. The van der Waals surface area contributed by atoms with E-state index in [1.54, 1.807) is 88.0 Å². The third kappa shape index (κ3) is 24.5. The molecule has 0 fully saturated rings. The second kappa shape index (κ2) is 44.1. The van der Waals surface area contributed by atoms with E-state index in [0.717, 1.165) is 103 Å². The summed E-state index contributed by atoms with van der Waals surface area (Å²) in [5, 5.41) is 5.90. The fraction of sp³-hybridized carbons (Fsp3) is 0.184. The van der Waals surface area contributed by atoms with Gasteiger partial charge in [0.15, 0.2) is 0 Å². The van der Waals surface area contributed by atoms with Crippen molar-refractivity contribution in [3.05, 3.63) is 328 Å². The standard InChI is InChI=1S/C53H50N2O7S4.C35H30N2O7S2.C9H11ClS.CH4.2Na.H/c1-36-16-13-17-37(2)52(36)54(28-14-30-63-42-18-7-5-8-19-42)40-24-26-45-48(34-40)62-49-35-41(25-27-46(49)51(45)47-22-11-12-23-50(47)66(59,60)61)55(29-15-31-64-43-20-9-6-10-21-43)53-38(3)32-44(33-39(53)4)65(56,57)58;1-20-8-7-9-21(2)34(20)36-24-12-14-27-30(18-24)44-31-19-25(37-35-22(3)16-26(17-23(35)4)45(38,39)40)13-15-28(31)33(27)29-10-5-6-11-32(29)46(41,42)43;10-7-4-8-11-9-5-2-1-3-6-9;;;;/h5-13,16-27,32-35H,14-15,28-31H2,1-4H3,(H-,56,57,58,59,60,61);5-19,36H,1-4H3,(H,38,39,40)(H,41,42,43);1-3,5-6H,4,7-8H2;1H4;;;/q;;;;2*+1;-1/p-3/i;;;;;;1+1. The molecule has 11 aromatic rings. The van der Waals surface area contributed by atoms with E-state index in [-0.39, 0.29) is 98.7 Å². The molecule has 0 spiro atoms. The number of aryl methyl sites for hydroxylation is 8. The van der Waals surface area contributed by atoms with Crippen molar-refractivity contribution >= 4 is 143 Å². The zero-order valence-corrected chi connectivity index (χ0v) is 81.1. The van der Waals surface area contributed by atoms with E-state index in [1.807, 2.05) is 153 Å². The van der Waals surface area contributed by atoms with Gasteiger partial charge in [-0.2, -0.15) is 4.58 Å². The van der Waals surface area contributed by atoms with Crippen molar-refractivity contribution in [1.29, 1.82) is 0 Å². The third-order valence-electron chi connectivity index (χ3n) is 20.7. The quantitative estimate of drug-likeness (QED) is 0.0100. The first-order valence-corrected chi connectivity index (χ1v) is 48.6. The fourth-order valence-electron chi connectivity index (χ4n) is 15.2. The fourth-order valence-corrected chi connectivity index (χ4v) is 20.7. The van der Waals surface area contributed by atoms with Crippen molar-refractivity contribution < 1.29 is 121 Å². The zero-order valence-electron chi connectivity index (χ0n) is 71.6.